The zero-order chi connectivity index (χ0) is 21.8. The SMILES string of the molecule is O=C1N/C(=C\c2ccc(OCc3ccccc3Cl)cc2)C(=O)N1Cc1ccc(F)cc1. The van der Waals surface area contributed by atoms with Crippen molar-refractivity contribution in [3.05, 3.63) is 106 Å². The smallest absolute Gasteiger partial charge is 0.329 e. The molecule has 4 rings (SSSR count). The van der Waals surface area contributed by atoms with Crippen LogP contribution in [0.5, 0.6) is 5.75 Å². The molecule has 31 heavy (non-hydrogen) atoms. The van der Waals surface area contributed by atoms with Crippen LogP contribution in [0.2, 0.25) is 5.02 Å². The van der Waals surface area contributed by atoms with Gasteiger partial charge in [-0.15, -0.1) is 0 Å². The van der Waals surface area contributed by atoms with E-state index in [1.54, 1.807) is 42.5 Å². The molecule has 1 aliphatic heterocycles. The normalized spacial score (nSPS) is 14.8. The van der Waals surface area contributed by atoms with Crippen molar-refractivity contribution < 1.29 is 18.7 Å². The van der Waals surface area contributed by atoms with Crippen LogP contribution in [0, 0.1) is 5.82 Å². The molecular formula is C24H18ClFN2O3. The monoisotopic (exact) mass is 436 g/mol. The Kier molecular flexibility index (Phi) is 6.00. The van der Waals surface area contributed by atoms with Gasteiger partial charge < -0.3 is 10.1 Å². The highest BCUT2D eigenvalue weighted by molar-refractivity contribution is 6.31. The number of benzene rings is 3. The standard InChI is InChI=1S/C24H18ClFN2O3/c25-21-4-2-1-3-18(21)15-31-20-11-7-16(8-12-20)13-22-23(29)28(24(30)27-22)14-17-5-9-19(26)10-6-17/h1-13H,14-15H2,(H,27,30)/b22-13-. The van der Waals surface area contributed by atoms with E-state index in [1.165, 1.54) is 12.1 Å². The maximum absolute atomic E-state index is 13.1. The van der Waals surface area contributed by atoms with Crippen molar-refractivity contribution in [2.75, 3.05) is 0 Å². The number of urea groups is 1. The average Bonchev–Trinajstić information content (AvgIpc) is 3.03. The molecule has 156 valence electrons. The minimum absolute atomic E-state index is 0.0666. The van der Waals surface area contributed by atoms with Crippen molar-refractivity contribution in [3.63, 3.8) is 0 Å². The summed E-state index contributed by atoms with van der Waals surface area (Å²) in [5.41, 5.74) is 2.45. The van der Waals surface area contributed by atoms with Gasteiger partial charge in [0.05, 0.1) is 6.54 Å². The van der Waals surface area contributed by atoms with E-state index in [2.05, 4.69) is 5.32 Å². The molecule has 3 aromatic carbocycles. The van der Waals surface area contributed by atoms with Gasteiger partial charge in [-0.1, -0.05) is 54.1 Å². The number of rotatable bonds is 6. The summed E-state index contributed by atoms with van der Waals surface area (Å²) >= 11 is 6.13. The summed E-state index contributed by atoms with van der Waals surface area (Å²) in [6, 6.07) is 19.7. The summed E-state index contributed by atoms with van der Waals surface area (Å²) in [4.78, 5) is 25.9. The van der Waals surface area contributed by atoms with Crippen molar-refractivity contribution in [1.82, 2.24) is 10.2 Å². The summed E-state index contributed by atoms with van der Waals surface area (Å²) in [7, 11) is 0. The molecular weight excluding hydrogens is 419 g/mol. The molecule has 0 unspecified atom stereocenters. The number of halogens is 2. The Morgan fingerprint density at radius 1 is 0.968 bits per heavy atom. The molecule has 1 aliphatic rings. The Labute approximate surface area is 183 Å². The topological polar surface area (TPSA) is 58.6 Å². The van der Waals surface area contributed by atoms with Gasteiger partial charge in [-0.05, 0) is 47.5 Å². The van der Waals surface area contributed by atoms with Crippen LogP contribution in [0.4, 0.5) is 9.18 Å². The Balaban J connectivity index is 1.41. The second-order valence-electron chi connectivity index (χ2n) is 6.96. The van der Waals surface area contributed by atoms with Crippen LogP contribution in [0.15, 0.2) is 78.5 Å². The fourth-order valence-corrected chi connectivity index (χ4v) is 3.28. The molecule has 3 amide bonds. The highest BCUT2D eigenvalue weighted by Crippen LogP contribution is 2.21. The van der Waals surface area contributed by atoms with Crippen LogP contribution in [0.25, 0.3) is 6.08 Å². The molecule has 7 heteroatoms. The summed E-state index contributed by atoms with van der Waals surface area (Å²) in [6.45, 7) is 0.407. The number of amides is 3. The Bertz CT molecular complexity index is 1140. The molecule has 0 atom stereocenters. The van der Waals surface area contributed by atoms with E-state index in [1.807, 2.05) is 24.3 Å². The molecule has 0 aliphatic carbocycles. The molecule has 1 fully saturated rings. The Morgan fingerprint density at radius 3 is 2.39 bits per heavy atom. The number of imide groups is 1. The third kappa shape index (κ3) is 4.92. The zero-order valence-corrected chi connectivity index (χ0v) is 17.1. The first kappa shape index (κ1) is 20.6. The fraction of sp³-hybridized carbons (Fsp3) is 0.0833. The highest BCUT2D eigenvalue weighted by Gasteiger charge is 2.33. The second kappa shape index (κ2) is 9.02. The highest BCUT2D eigenvalue weighted by atomic mass is 35.5. The van der Waals surface area contributed by atoms with Gasteiger partial charge in [0.2, 0.25) is 0 Å². The van der Waals surface area contributed by atoms with E-state index in [-0.39, 0.29) is 18.1 Å². The quantitative estimate of drug-likeness (QED) is 0.429. The lowest BCUT2D eigenvalue weighted by Crippen LogP contribution is -2.30. The van der Waals surface area contributed by atoms with Gasteiger partial charge in [0, 0.05) is 10.6 Å². The van der Waals surface area contributed by atoms with Crippen LogP contribution < -0.4 is 10.1 Å². The molecule has 3 aromatic rings. The average molecular weight is 437 g/mol. The number of hydrogen-bond acceptors (Lipinski definition) is 3. The summed E-state index contributed by atoms with van der Waals surface area (Å²) in [5, 5.41) is 3.22. The van der Waals surface area contributed by atoms with Crippen LogP contribution in [0.3, 0.4) is 0 Å². The minimum Gasteiger partial charge on any atom is -0.489 e. The summed E-state index contributed by atoms with van der Waals surface area (Å²) in [5.74, 6) is -0.156. The molecule has 0 aromatic heterocycles. The molecule has 0 saturated carbocycles. The maximum atomic E-state index is 13.1. The maximum Gasteiger partial charge on any atom is 0.329 e. The first-order valence-electron chi connectivity index (χ1n) is 9.55. The van der Waals surface area contributed by atoms with Crippen LogP contribution in [-0.2, 0) is 17.9 Å². The van der Waals surface area contributed by atoms with E-state index in [0.717, 1.165) is 16.0 Å². The lowest BCUT2D eigenvalue weighted by Gasteiger charge is -2.11. The lowest BCUT2D eigenvalue weighted by atomic mass is 10.1. The van der Waals surface area contributed by atoms with Gasteiger partial charge in [-0.2, -0.15) is 0 Å². The fourth-order valence-electron chi connectivity index (χ4n) is 3.09. The second-order valence-corrected chi connectivity index (χ2v) is 7.36. The van der Waals surface area contributed by atoms with Crippen LogP contribution >= 0.6 is 11.6 Å². The van der Waals surface area contributed by atoms with Gasteiger partial charge in [-0.3, -0.25) is 9.69 Å². The van der Waals surface area contributed by atoms with E-state index < -0.39 is 11.9 Å². The van der Waals surface area contributed by atoms with Gasteiger partial charge in [0.15, 0.2) is 0 Å². The van der Waals surface area contributed by atoms with E-state index in [9.17, 15) is 14.0 Å². The van der Waals surface area contributed by atoms with Crippen molar-refractivity contribution in [1.29, 1.82) is 0 Å². The first-order valence-corrected chi connectivity index (χ1v) is 9.92. The van der Waals surface area contributed by atoms with E-state index in [4.69, 9.17) is 16.3 Å². The van der Waals surface area contributed by atoms with E-state index >= 15 is 0 Å². The predicted molar refractivity (Wildman–Crippen MR) is 116 cm³/mol. The molecule has 0 spiro atoms. The third-order valence-electron chi connectivity index (χ3n) is 4.76. The van der Waals surface area contributed by atoms with Crippen molar-refractivity contribution in [3.8, 4) is 5.75 Å². The van der Waals surface area contributed by atoms with E-state index in [0.29, 0.717) is 22.9 Å². The van der Waals surface area contributed by atoms with Crippen LogP contribution in [-0.4, -0.2) is 16.8 Å². The molecule has 1 saturated heterocycles. The Hall–Kier alpha value is -3.64. The number of carbonyl (C=O) groups excluding carboxylic acids is 2. The summed E-state index contributed by atoms with van der Waals surface area (Å²) < 4.78 is 18.8. The zero-order valence-electron chi connectivity index (χ0n) is 16.3. The predicted octanol–water partition coefficient (Wildman–Crippen LogP) is 5.15. The lowest BCUT2D eigenvalue weighted by molar-refractivity contribution is -0.123. The number of nitrogens with one attached hydrogen (secondary N) is 1. The molecule has 0 radical (unpaired) electrons. The largest absolute Gasteiger partial charge is 0.489 e. The third-order valence-corrected chi connectivity index (χ3v) is 5.13. The molecule has 5 nitrogen and oxygen atoms in total. The van der Waals surface area contributed by atoms with Gasteiger partial charge in [0.1, 0.15) is 23.9 Å². The van der Waals surface area contributed by atoms with Gasteiger partial charge >= 0.3 is 6.03 Å². The number of carbonyl (C=O) groups is 2. The van der Waals surface area contributed by atoms with Crippen molar-refractivity contribution >= 4 is 29.6 Å². The van der Waals surface area contributed by atoms with Crippen LogP contribution in [0.1, 0.15) is 16.7 Å². The first-order chi connectivity index (χ1) is 15.0. The van der Waals surface area contributed by atoms with Gasteiger partial charge in [0.25, 0.3) is 5.91 Å². The summed E-state index contributed by atoms with van der Waals surface area (Å²) in [6.07, 6.45) is 1.60. The minimum atomic E-state index is -0.514. The number of ether oxygens (including phenoxy) is 1. The molecule has 0 bridgehead atoms. The molecule has 1 N–H and O–H groups in total. The van der Waals surface area contributed by atoms with Gasteiger partial charge in [-0.25, -0.2) is 9.18 Å². The van der Waals surface area contributed by atoms with Crippen molar-refractivity contribution in [2.45, 2.75) is 13.2 Å². The van der Waals surface area contributed by atoms with Crippen molar-refractivity contribution in [2.24, 2.45) is 0 Å². The number of hydrogen-bond donors (Lipinski definition) is 1. The molecule has 1 heterocycles. The Morgan fingerprint density at radius 2 is 1.68 bits per heavy atom. The number of nitrogens with zero attached hydrogens (tertiary/aromatic N) is 1.